The second-order valence-electron chi connectivity index (χ2n) is 9.01. The summed E-state index contributed by atoms with van der Waals surface area (Å²) in [6, 6.07) is 18.5. The van der Waals surface area contributed by atoms with E-state index in [-0.39, 0.29) is 23.4 Å². The van der Waals surface area contributed by atoms with E-state index in [2.05, 4.69) is 5.32 Å². The van der Waals surface area contributed by atoms with Crippen LogP contribution in [-0.4, -0.2) is 55.1 Å². The molecule has 1 atom stereocenters. The van der Waals surface area contributed by atoms with Crippen LogP contribution in [0.5, 0.6) is 0 Å². The fraction of sp³-hybridized carbons (Fsp3) is 0.333. The maximum atomic E-state index is 13.5. The first-order chi connectivity index (χ1) is 17.0. The first-order valence-electron chi connectivity index (χ1n) is 11.8. The molecule has 0 fully saturated rings. The molecule has 0 aromatic heterocycles. The number of halogens is 1. The van der Waals surface area contributed by atoms with Gasteiger partial charge in [0.2, 0.25) is 21.8 Å². The van der Waals surface area contributed by atoms with Crippen LogP contribution < -0.4 is 5.32 Å². The lowest BCUT2D eigenvalue weighted by atomic mass is 10.1. The van der Waals surface area contributed by atoms with Crippen molar-refractivity contribution in [2.45, 2.75) is 50.7 Å². The molecule has 0 aliphatic heterocycles. The highest BCUT2D eigenvalue weighted by atomic mass is 35.5. The molecule has 9 heteroatoms. The number of sulfonamides is 1. The molecular weight excluding hydrogens is 498 g/mol. The summed E-state index contributed by atoms with van der Waals surface area (Å²) < 4.78 is 27.6. The van der Waals surface area contributed by atoms with E-state index in [4.69, 9.17) is 11.6 Å². The normalized spacial score (nSPS) is 12.6. The number of benzene rings is 3. The van der Waals surface area contributed by atoms with E-state index in [0.717, 1.165) is 20.6 Å². The first-order valence-corrected chi connectivity index (χ1v) is 13.6. The van der Waals surface area contributed by atoms with Gasteiger partial charge >= 0.3 is 0 Å². The van der Waals surface area contributed by atoms with Crippen molar-refractivity contribution in [3.63, 3.8) is 0 Å². The van der Waals surface area contributed by atoms with Crippen LogP contribution in [0.15, 0.2) is 71.6 Å². The number of nitrogens with one attached hydrogen (secondary N) is 1. The molecule has 0 bridgehead atoms. The molecule has 0 radical (unpaired) electrons. The standard InChI is InChI=1S/C27H32ClN3O4S/c1-5-25(27(33)29-19(2)3)31(17-20-10-13-23(28)14-11-20)26(32)18-30(4)36(34,35)24-15-12-21-8-6-7-9-22(21)16-24/h6-16,19,25H,5,17-18H2,1-4H3,(H,29,33)/t25-/m1/s1. The Labute approximate surface area is 218 Å². The number of nitrogens with zero attached hydrogens (tertiary/aromatic N) is 2. The molecule has 0 saturated carbocycles. The highest BCUT2D eigenvalue weighted by Crippen LogP contribution is 2.22. The van der Waals surface area contributed by atoms with Crippen LogP contribution in [0.4, 0.5) is 0 Å². The number of hydrogen-bond donors (Lipinski definition) is 1. The average Bonchev–Trinajstić information content (AvgIpc) is 2.84. The minimum absolute atomic E-state index is 0.102. The van der Waals surface area contributed by atoms with Gasteiger partial charge in [0, 0.05) is 24.7 Å². The average molecular weight is 530 g/mol. The van der Waals surface area contributed by atoms with Gasteiger partial charge in [-0.2, -0.15) is 4.31 Å². The Hall–Kier alpha value is -2.94. The van der Waals surface area contributed by atoms with E-state index >= 15 is 0 Å². The van der Waals surface area contributed by atoms with E-state index in [1.54, 1.807) is 36.4 Å². The van der Waals surface area contributed by atoms with Gasteiger partial charge in [-0.05, 0) is 60.9 Å². The fourth-order valence-corrected chi connectivity index (χ4v) is 5.24. The van der Waals surface area contributed by atoms with Gasteiger partial charge in [-0.25, -0.2) is 8.42 Å². The van der Waals surface area contributed by atoms with Gasteiger partial charge in [0.05, 0.1) is 11.4 Å². The van der Waals surface area contributed by atoms with Gasteiger partial charge < -0.3 is 10.2 Å². The van der Waals surface area contributed by atoms with Gasteiger partial charge in [0.1, 0.15) is 6.04 Å². The molecule has 0 unspecified atom stereocenters. The molecule has 2 amide bonds. The van der Waals surface area contributed by atoms with Gasteiger partial charge in [0.15, 0.2) is 0 Å². The van der Waals surface area contributed by atoms with E-state index in [0.29, 0.717) is 11.4 Å². The summed E-state index contributed by atoms with van der Waals surface area (Å²) in [5, 5.41) is 5.14. The number of amides is 2. The lowest BCUT2D eigenvalue weighted by molar-refractivity contribution is -0.141. The van der Waals surface area contributed by atoms with Gasteiger partial charge in [0.25, 0.3) is 0 Å². The third kappa shape index (κ3) is 6.63. The minimum Gasteiger partial charge on any atom is -0.352 e. The van der Waals surface area contributed by atoms with Crippen LogP contribution in [0.2, 0.25) is 5.02 Å². The van der Waals surface area contributed by atoms with Crippen molar-refractivity contribution in [3.05, 3.63) is 77.3 Å². The third-order valence-corrected chi connectivity index (χ3v) is 7.92. The number of rotatable bonds is 10. The van der Waals surface area contributed by atoms with Crippen LogP contribution in [0.25, 0.3) is 10.8 Å². The van der Waals surface area contributed by atoms with Crippen molar-refractivity contribution < 1.29 is 18.0 Å². The molecule has 0 heterocycles. The molecule has 36 heavy (non-hydrogen) atoms. The molecule has 192 valence electrons. The SMILES string of the molecule is CC[C@H](C(=O)NC(C)C)N(Cc1ccc(Cl)cc1)C(=O)CN(C)S(=O)(=O)c1ccc2ccccc2c1. The second kappa shape index (κ2) is 11.9. The van der Waals surface area contributed by atoms with Crippen molar-refractivity contribution in [3.8, 4) is 0 Å². The summed E-state index contributed by atoms with van der Waals surface area (Å²) in [5.41, 5.74) is 0.781. The quantitative estimate of drug-likeness (QED) is 0.420. The van der Waals surface area contributed by atoms with Crippen molar-refractivity contribution in [2.24, 2.45) is 0 Å². The van der Waals surface area contributed by atoms with Crippen LogP contribution in [-0.2, 0) is 26.2 Å². The van der Waals surface area contributed by atoms with Gasteiger partial charge in [-0.1, -0.05) is 61.0 Å². The highest BCUT2D eigenvalue weighted by Gasteiger charge is 2.32. The Balaban J connectivity index is 1.88. The van der Waals surface area contributed by atoms with Crippen LogP contribution >= 0.6 is 11.6 Å². The molecule has 0 saturated heterocycles. The topological polar surface area (TPSA) is 86.8 Å². The summed E-state index contributed by atoms with van der Waals surface area (Å²) >= 11 is 6.00. The Morgan fingerprint density at radius 2 is 1.61 bits per heavy atom. The number of hydrogen-bond acceptors (Lipinski definition) is 4. The molecule has 3 aromatic carbocycles. The van der Waals surface area contributed by atoms with E-state index in [1.165, 1.54) is 18.0 Å². The number of likely N-dealkylation sites (N-methyl/N-ethyl adjacent to an activating group) is 1. The molecular formula is C27H32ClN3O4S. The van der Waals surface area contributed by atoms with Crippen molar-refractivity contribution >= 4 is 44.2 Å². The van der Waals surface area contributed by atoms with E-state index < -0.39 is 28.5 Å². The highest BCUT2D eigenvalue weighted by molar-refractivity contribution is 7.89. The minimum atomic E-state index is -3.94. The number of fused-ring (bicyclic) bond motifs is 1. The molecule has 7 nitrogen and oxygen atoms in total. The van der Waals surface area contributed by atoms with E-state index in [9.17, 15) is 18.0 Å². The van der Waals surface area contributed by atoms with Crippen molar-refractivity contribution in [2.75, 3.05) is 13.6 Å². The predicted molar refractivity (Wildman–Crippen MR) is 143 cm³/mol. The lowest BCUT2D eigenvalue weighted by Crippen LogP contribution is -2.52. The Morgan fingerprint density at radius 3 is 2.22 bits per heavy atom. The molecule has 3 aromatic rings. The van der Waals surface area contributed by atoms with E-state index in [1.807, 2.05) is 45.0 Å². The monoisotopic (exact) mass is 529 g/mol. The van der Waals surface area contributed by atoms with Gasteiger partial charge in [-0.3, -0.25) is 9.59 Å². The summed E-state index contributed by atoms with van der Waals surface area (Å²) in [4.78, 5) is 28.0. The first kappa shape index (κ1) is 27.6. The second-order valence-corrected chi connectivity index (χ2v) is 11.5. The summed E-state index contributed by atoms with van der Waals surface area (Å²) in [7, 11) is -2.57. The third-order valence-electron chi connectivity index (χ3n) is 5.87. The molecule has 3 rings (SSSR count). The Morgan fingerprint density at radius 1 is 0.972 bits per heavy atom. The van der Waals surface area contributed by atoms with Crippen molar-refractivity contribution in [1.82, 2.24) is 14.5 Å². The van der Waals surface area contributed by atoms with Crippen LogP contribution in [0.1, 0.15) is 32.8 Å². The zero-order valence-corrected chi connectivity index (χ0v) is 22.5. The fourth-order valence-electron chi connectivity index (χ4n) is 3.96. The largest absolute Gasteiger partial charge is 0.352 e. The Bertz CT molecular complexity index is 1330. The summed E-state index contributed by atoms with van der Waals surface area (Å²) in [6.45, 7) is 5.25. The van der Waals surface area contributed by atoms with Crippen LogP contribution in [0, 0.1) is 0 Å². The zero-order chi connectivity index (χ0) is 26.5. The van der Waals surface area contributed by atoms with Gasteiger partial charge in [-0.15, -0.1) is 0 Å². The molecule has 0 aliphatic carbocycles. The summed E-state index contributed by atoms with van der Waals surface area (Å²) in [5.74, 6) is -0.752. The smallest absolute Gasteiger partial charge is 0.243 e. The van der Waals surface area contributed by atoms with Crippen molar-refractivity contribution in [1.29, 1.82) is 0 Å². The van der Waals surface area contributed by atoms with Crippen LogP contribution in [0.3, 0.4) is 0 Å². The maximum absolute atomic E-state index is 13.5. The number of carbonyl (C=O) groups excluding carboxylic acids is 2. The lowest BCUT2D eigenvalue weighted by Gasteiger charge is -2.32. The molecule has 0 spiro atoms. The number of carbonyl (C=O) groups is 2. The maximum Gasteiger partial charge on any atom is 0.243 e. The Kier molecular flexibility index (Phi) is 9.11. The predicted octanol–water partition coefficient (Wildman–Crippen LogP) is 4.45. The molecule has 0 aliphatic rings. The summed E-state index contributed by atoms with van der Waals surface area (Å²) in [6.07, 6.45) is 0.374. The molecule has 1 N–H and O–H groups in total. The zero-order valence-electron chi connectivity index (χ0n) is 20.9.